The lowest BCUT2D eigenvalue weighted by molar-refractivity contribution is 0.346. The number of aromatic amines is 1. The molecule has 1 aliphatic carbocycles. The van der Waals surface area contributed by atoms with Crippen LogP contribution >= 0.6 is 0 Å². The summed E-state index contributed by atoms with van der Waals surface area (Å²) in [6, 6.07) is 81.5. The molecule has 1 N–H and O–H groups in total. The summed E-state index contributed by atoms with van der Waals surface area (Å²) in [5, 5.41) is 5.06. The summed E-state index contributed by atoms with van der Waals surface area (Å²) >= 11 is 0. The van der Waals surface area contributed by atoms with Gasteiger partial charge < -0.3 is 9.55 Å². The van der Waals surface area contributed by atoms with E-state index in [2.05, 4.69) is 234 Å². The molecular weight excluding hydrogens is 825 g/mol. The summed E-state index contributed by atoms with van der Waals surface area (Å²) in [4.78, 5) is 14.3. The van der Waals surface area contributed by atoms with Crippen LogP contribution in [-0.2, 0) is 5.41 Å². The first-order valence-corrected chi connectivity index (χ1v) is 24.0. The van der Waals surface area contributed by atoms with Crippen molar-refractivity contribution in [2.24, 2.45) is 0 Å². The standard InChI is InChI=1S/C64H48N4/c1-4-14-43(15-5-1)45-22-26-47(27-23-45)57-42-58(67-63(66-57)49-28-24-46(25-29-49)44-16-6-2-7-17-44)48-30-32-50(33-31-48)64(40-12-3-13-41-64)51-34-36-52(37-35-51)68-59-21-11-9-19-55(59)61-60(68)39-38-54-53-18-8-10-20-56(53)65-62(54)61/h1-2,4-11,14-39,42,65H,3,12-13,40-41H2. The van der Waals surface area contributed by atoms with Crippen LogP contribution in [0.25, 0.3) is 105 Å². The number of benzene rings is 9. The first kappa shape index (κ1) is 40.0. The zero-order valence-corrected chi connectivity index (χ0v) is 37.7. The van der Waals surface area contributed by atoms with Crippen molar-refractivity contribution in [3.05, 3.63) is 236 Å². The van der Waals surface area contributed by atoms with Gasteiger partial charge in [-0.15, -0.1) is 0 Å². The number of hydrogen-bond donors (Lipinski definition) is 1. The Kier molecular flexibility index (Phi) is 9.71. The second-order valence-electron chi connectivity index (χ2n) is 18.5. The molecule has 324 valence electrons. The fourth-order valence-corrected chi connectivity index (χ4v) is 11.2. The number of nitrogens with zero attached hydrogens (tertiary/aromatic N) is 3. The van der Waals surface area contributed by atoms with Crippen LogP contribution in [0.2, 0.25) is 0 Å². The maximum atomic E-state index is 5.27. The van der Waals surface area contributed by atoms with Crippen LogP contribution in [-0.4, -0.2) is 19.5 Å². The average Bonchev–Trinajstić information content (AvgIpc) is 3.98. The van der Waals surface area contributed by atoms with Gasteiger partial charge >= 0.3 is 0 Å². The molecule has 0 aliphatic heterocycles. The highest BCUT2D eigenvalue weighted by molar-refractivity contribution is 6.25. The molecule has 68 heavy (non-hydrogen) atoms. The lowest BCUT2D eigenvalue weighted by Gasteiger charge is -2.39. The Bertz CT molecular complexity index is 3660. The van der Waals surface area contributed by atoms with Gasteiger partial charge in [0.2, 0.25) is 0 Å². The van der Waals surface area contributed by atoms with E-state index in [1.807, 2.05) is 0 Å². The summed E-state index contributed by atoms with van der Waals surface area (Å²) in [6.07, 6.45) is 5.94. The molecule has 0 radical (unpaired) electrons. The van der Waals surface area contributed by atoms with E-state index in [4.69, 9.17) is 9.97 Å². The van der Waals surface area contributed by atoms with Crippen LogP contribution in [0.3, 0.4) is 0 Å². The van der Waals surface area contributed by atoms with Crippen LogP contribution in [0.5, 0.6) is 0 Å². The van der Waals surface area contributed by atoms with Gasteiger partial charge in [-0.1, -0.05) is 207 Å². The first-order valence-electron chi connectivity index (χ1n) is 24.0. The molecule has 0 spiro atoms. The largest absolute Gasteiger partial charge is 0.354 e. The molecule has 3 aromatic heterocycles. The zero-order valence-electron chi connectivity index (χ0n) is 37.7. The van der Waals surface area contributed by atoms with E-state index in [1.165, 1.54) is 102 Å². The minimum atomic E-state index is -0.0738. The average molecular weight is 873 g/mol. The fraction of sp³-hybridized carbons (Fsp3) is 0.0938. The Morgan fingerprint density at radius 1 is 0.382 bits per heavy atom. The Morgan fingerprint density at radius 3 is 1.51 bits per heavy atom. The number of hydrogen-bond acceptors (Lipinski definition) is 2. The second kappa shape index (κ2) is 16.5. The molecule has 1 saturated carbocycles. The third kappa shape index (κ3) is 6.83. The predicted molar refractivity (Wildman–Crippen MR) is 283 cm³/mol. The molecule has 3 heterocycles. The maximum absolute atomic E-state index is 5.27. The lowest BCUT2D eigenvalue weighted by Crippen LogP contribution is -2.30. The number of para-hydroxylation sites is 2. The number of aromatic nitrogens is 4. The Morgan fingerprint density at radius 2 is 0.882 bits per heavy atom. The molecule has 0 bridgehead atoms. The molecule has 12 aromatic rings. The van der Waals surface area contributed by atoms with Crippen LogP contribution < -0.4 is 0 Å². The summed E-state index contributed by atoms with van der Waals surface area (Å²) in [5.41, 5.74) is 18.3. The lowest BCUT2D eigenvalue weighted by atomic mass is 9.65. The van der Waals surface area contributed by atoms with Gasteiger partial charge in [0, 0.05) is 54.9 Å². The van der Waals surface area contributed by atoms with E-state index < -0.39 is 0 Å². The van der Waals surface area contributed by atoms with Gasteiger partial charge in [0.15, 0.2) is 5.82 Å². The third-order valence-electron chi connectivity index (χ3n) is 14.7. The molecule has 4 heteroatoms. The zero-order chi connectivity index (χ0) is 45.0. The van der Waals surface area contributed by atoms with E-state index >= 15 is 0 Å². The van der Waals surface area contributed by atoms with Crippen molar-refractivity contribution in [2.75, 3.05) is 0 Å². The van der Waals surface area contributed by atoms with Crippen LogP contribution in [0.15, 0.2) is 224 Å². The smallest absolute Gasteiger partial charge is 0.160 e. The fourth-order valence-electron chi connectivity index (χ4n) is 11.2. The van der Waals surface area contributed by atoms with Crippen LogP contribution in [0.4, 0.5) is 0 Å². The minimum Gasteiger partial charge on any atom is -0.354 e. The summed E-state index contributed by atoms with van der Waals surface area (Å²) in [5.74, 6) is 0.714. The van der Waals surface area contributed by atoms with Crippen molar-refractivity contribution in [3.63, 3.8) is 0 Å². The Labute approximate surface area is 396 Å². The first-order chi connectivity index (χ1) is 33.7. The van der Waals surface area contributed by atoms with Gasteiger partial charge in [-0.2, -0.15) is 0 Å². The van der Waals surface area contributed by atoms with Crippen molar-refractivity contribution in [1.29, 1.82) is 0 Å². The summed E-state index contributed by atoms with van der Waals surface area (Å²) < 4.78 is 2.45. The quantitative estimate of drug-likeness (QED) is 0.165. The molecule has 1 aliphatic rings. The highest BCUT2D eigenvalue weighted by Crippen LogP contribution is 2.46. The van der Waals surface area contributed by atoms with E-state index in [1.54, 1.807) is 0 Å². The van der Waals surface area contributed by atoms with Crippen molar-refractivity contribution in [3.8, 4) is 61.8 Å². The Balaban J connectivity index is 0.867. The molecule has 0 unspecified atom stereocenters. The third-order valence-corrected chi connectivity index (χ3v) is 14.7. The number of fused-ring (bicyclic) bond motifs is 7. The van der Waals surface area contributed by atoms with Crippen molar-refractivity contribution >= 4 is 43.6 Å². The summed E-state index contributed by atoms with van der Waals surface area (Å²) in [6.45, 7) is 0. The molecule has 4 nitrogen and oxygen atoms in total. The molecule has 0 amide bonds. The molecule has 13 rings (SSSR count). The van der Waals surface area contributed by atoms with Gasteiger partial charge in [-0.05, 0) is 82.6 Å². The van der Waals surface area contributed by atoms with Gasteiger partial charge in [0.25, 0.3) is 0 Å². The SMILES string of the molecule is c1ccc(-c2ccc(-c3cc(-c4ccc(C5(c6ccc(-n7c8ccccc8c8c9[nH]c%10ccccc%10c9ccc87)cc6)CCCCC5)cc4)nc(-c4ccc(-c5ccccc5)cc4)n3)cc2)cc1. The number of nitrogens with one attached hydrogen (secondary N) is 1. The van der Waals surface area contributed by atoms with E-state index in [0.29, 0.717) is 5.82 Å². The summed E-state index contributed by atoms with van der Waals surface area (Å²) in [7, 11) is 0. The highest BCUT2D eigenvalue weighted by Gasteiger charge is 2.36. The van der Waals surface area contributed by atoms with Gasteiger partial charge in [-0.3, -0.25) is 0 Å². The topological polar surface area (TPSA) is 46.5 Å². The molecule has 1 fully saturated rings. The molecule has 0 atom stereocenters. The van der Waals surface area contributed by atoms with E-state index in [-0.39, 0.29) is 5.41 Å². The predicted octanol–water partition coefficient (Wildman–Crippen LogP) is 16.8. The normalized spacial score (nSPS) is 13.7. The Hall–Kier alpha value is -8.34. The monoisotopic (exact) mass is 872 g/mol. The van der Waals surface area contributed by atoms with E-state index in [9.17, 15) is 0 Å². The molecule has 9 aromatic carbocycles. The van der Waals surface area contributed by atoms with Crippen LogP contribution in [0.1, 0.15) is 43.2 Å². The maximum Gasteiger partial charge on any atom is 0.160 e. The molecule has 0 saturated heterocycles. The molecular formula is C64H48N4. The van der Waals surface area contributed by atoms with Crippen molar-refractivity contribution in [1.82, 2.24) is 19.5 Å². The van der Waals surface area contributed by atoms with Crippen molar-refractivity contribution < 1.29 is 0 Å². The van der Waals surface area contributed by atoms with Crippen molar-refractivity contribution in [2.45, 2.75) is 37.5 Å². The van der Waals surface area contributed by atoms with Gasteiger partial charge in [-0.25, -0.2) is 9.97 Å². The second-order valence-corrected chi connectivity index (χ2v) is 18.5. The number of H-pyrrole nitrogens is 1. The minimum absolute atomic E-state index is 0.0738. The van der Waals surface area contributed by atoms with Gasteiger partial charge in [0.05, 0.1) is 27.9 Å². The van der Waals surface area contributed by atoms with Crippen LogP contribution in [0, 0.1) is 0 Å². The van der Waals surface area contributed by atoms with E-state index in [0.717, 1.165) is 40.9 Å². The van der Waals surface area contributed by atoms with Gasteiger partial charge in [0.1, 0.15) is 0 Å². The highest BCUT2D eigenvalue weighted by atomic mass is 15.0. The number of rotatable bonds is 8.